The number of ether oxygens (including phenoxy) is 1. The summed E-state index contributed by atoms with van der Waals surface area (Å²) in [7, 11) is 4.34. The van der Waals surface area contributed by atoms with Crippen LogP contribution in [0.25, 0.3) is 16.8 Å². The van der Waals surface area contributed by atoms with Crippen LogP contribution < -0.4 is 32.2 Å². The third-order valence-electron chi connectivity index (χ3n) is 7.29. The molecule has 0 aliphatic heterocycles. The molecule has 14 heteroatoms. The van der Waals surface area contributed by atoms with E-state index in [1.165, 1.54) is 56.6 Å². The van der Waals surface area contributed by atoms with Gasteiger partial charge >= 0.3 is 6.18 Å². The van der Waals surface area contributed by atoms with Crippen LogP contribution in [0, 0.1) is 5.92 Å². The molecular formula is C33H34F3N7O4. The van der Waals surface area contributed by atoms with E-state index in [9.17, 15) is 27.6 Å². The van der Waals surface area contributed by atoms with Crippen molar-refractivity contribution in [2.75, 3.05) is 26.5 Å². The number of rotatable bonds is 12. The monoisotopic (exact) mass is 649 g/mol. The lowest BCUT2D eigenvalue weighted by molar-refractivity contribution is -0.138. The van der Waals surface area contributed by atoms with Crippen molar-refractivity contribution in [3.8, 4) is 16.9 Å². The van der Waals surface area contributed by atoms with E-state index in [-0.39, 0.29) is 52.5 Å². The standard InChI is InChI=1S/C33H34F3N7O4/c1-39-32(46)29(38)26(15-28(37)42-31(45)19-11-12-19)41-25-10-6-8-22(30(25)47-3)20-13-14-24(40-16-20)27(18-44)43(2)17-21-7-4-5-9-23(21)33(34,35)36/h4-10,13-16,19,41H,11-12,17,37-38H2,1-3H3,(H,39,46)(H,42,45)/b28-15+,29-26+. The smallest absolute Gasteiger partial charge is 0.416 e. The number of anilines is 1. The second-order valence-electron chi connectivity index (χ2n) is 10.7. The molecule has 1 aromatic heterocycles. The van der Waals surface area contributed by atoms with Gasteiger partial charge < -0.3 is 37.1 Å². The molecule has 0 bridgehead atoms. The molecule has 0 radical (unpaired) electrons. The number of alkyl halides is 3. The van der Waals surface area contributed by atoms with E-state index in [0.29, 0.717) is 22.6 Å². The Morgan fingerprint density at radius 3 is 2.43 bits per heavy atom. The van der Waals surface area contributed by atoms with Gasteiger partial charge in [-0.25, -0.2) is 4.79 Å². The van der Waals surface area contributed by atoms with Crippen molar-refractivity contribution in [2.24, 2.45) is 17.4 Å². The number of hydrogen-bond acceptors (Lipinski definition) is 9. The third-order valence-corrected chi connectivity index (χ3v) is 7.29. The van der Waals surface area contributed by atoms with Crippen molar-refractivity contribution in [1.29, 1.82) is 0 Å². The highest BCUT2D eigenvalue weighted by Gasteiger charge is 2.33. The predicted octanol–water partition coefficient (Wildman–Crippen LogP) is 3.74. The van der Waals surface area contributed by atoms with Gasteiger partial charge in [-0.15, -0.1) is 0 Å². The van der Waals surface area contributed by atoms with Gasteiger partial charge in [0.15, 0.2) is 5.94 Å². The molecule has 47 heavy (non-hydrogen) atoms. The first-order valence-corrected chi connectivity index (χ1v) is 14.4. The number of methoxy groups -OCH3 is 1. The summed E-state index contributed by atoms with van der Waals surface area (Å²) in [6.07, 6.45) is -0.179. The zero-order chi connectivity index (χ0) is 34.3. The van der Waals surface area contributed by atoms with Crippen LogP contribution in [0.3, 0.4) is 0 Å². The Morgan fingerprint density at radius 2 is 1.83 bits per heavy atom. The minimum absolute atomic E-state index is 0.00621. The molecule has 1 saturated carbocycles. The summed E-state index contributed by atoms with van der Waals surface area (Å²) in [6, 6.07) is 13.5. The maximum Gasteiger partial charge on any atom is 0.416 e. The number of halogens is 3. The van der Waals surface area contributed by atoms with Crippen molar-refractivity contribution < 1.29 is 32.3 Å². The molecule has 3 aromatic rings. The summed E-state index contributed by atoms with van der Waals surface area (Å²) in [6.45, 7) is -0.205. The number of para-hydroxylation sites is 1. The quantitative estimate of drug-likeness (QED) is 0.112. The Bertz CT molecular complexity index is 1760. The van der Waals surface area contributed by atoms with Gasteiger partial charge in [0, 0.05) is 50.0 Å². The zero-order valence-corrected chi connectivity index (χ0v) is 25.9. The molecule has 246 valence electrons. The van der Waals surface area contributed by atoms with E-state index in [1.54, 1.807) is 36.3 Å². The van der Waals surface area contributed by atoms with Crippen LogP contribution in [0.2, 0.25) is 0 Å². The maximum atomic E-state index is 13.5. The van der Waals surface area contributed by atoms with Crippen LogP contribution in [-0.2, 0) is 27.1 Å². The van der Waals surface area contributed by atoms with E-state index in [4.69, 9.17) is 16.2 Å². The fourth-order valence-electron chi connectivity index (χ4n) is 4.74. The van der Waals surface area contributed by atoms with Crippen molar-refractivity contribution in [3.05, 3.63) is 101 Å². The lowest BCUT2D eigenvalue weighted by Crippen LogP contribution is -2.31. The first-order chi connectivity index (χ1) is 22.4. The van der Waals surface area contributed by atoms with Crippen molar-refractivity contribution >= 4 is 29.1 Å². The average Bonchev–Trinajstić information content (AvgIpc) is 3.90. The van der Waals surface area contributed by atoms with E-state index >= 15 is 0 Å². The van der Waals surface area contributed by atoms with E-state index in [1.807, 2.05) is 0 Å². The van der Waals surface area contributed by atoms with Crippen LogP contribution in [0.15, 0.2) is 84.1 Å². The van der Waals surface area contributed by atoms with Gasteiger partial charge in [0.25, 0.3) is 5.91 Å². The van der Waals surface area contributed by atoms with Crippen LogP contribution in [0.4, 0.5) is 18.9 Å². The molecule has 0 atom stereocenters. The van der Waals surface area contributed by atoms with Gasteiger partial charge in [0.1, 0.15) is 23.0 Å². The van der Waals surface area contributed by atoms with Gasteiger partial charge in [0.05, 0.1) is 29.8 Å². The highest BCUT2D eigenvalue weighted by atomic mass is 19.4. The minimum atomic E-state index is -4.55. The number of amides is 2. The number of nitrogens with one attached hydrogen (secondary N) is 3. The second kappa shape index (κ2) is 14.6. The van der Waals surface area contributed by atoms with Crippen molar-refractivity contribution in [1.82, 2.24) is 20.5 Å². The number of hydrogen-bond donors (Lipinski definition) is 5. The third kappa shape index (κ3) is 8.30. The Hall–Kier alpha value is -5.75. The number of nitrogens with two attached hydrogens (primary N) is 2. The fraction of sp³-hybridized carbons (Fsp3) is 0.242. The Balaban J connectivity index is 1.61. The molecular weight excluding hydrogens is 615 g/mol. The molecule has 0 saturated heterocycles. The Kier molecular flexibility index (Phi) is 10.6. The fourth-order valence-corrected chi connectivity index (χ4v) is 4.74. The Morgan fingerprint density at radius 1 is 1.11 bits per heavy atom. The van der Waals surface area contributed by atoms with E-state index in [2.05, 4.69) is 20.9 Å². The number of aromatic nitrogens is 1. The number of benzene rings is 2. The molecule has 0 spiro atoms. The number of allylic oxidation sites excluding steroid dienone is 1. The van der Waals surface area contributed by atoms with Crippen molar-refractivity contribution in [3.63, 3.8) is 0 Å². The minimum Gasteiger partial charge on any atom is -0.494 e. The number of pyridine rings is 1. The normalized spacial score (nSPS) is 13.5. The van der Waals surface area contributed by atoms with Gasteiger partial charge in [0.2, 0.25) is 5.91 Å². The first kappa shape index (κ1) is 34.1. The molecule has 1 aliphatic carbocycles. The molecule has 1 heterocycles. The second-order valence-corrected chi connectivity index (χ2v) is 10.7. The zero-order valence-electron chi connectivity index (χ0n) is 25.9. The average molecular weight is 650 g/mol. The van der Waals surface area contributed by atoms with Crippen LogP contribution in [0.5, 0.6) is 5.75 Å². The van der Waals surface area contributed by atoms with E-state index in [0.717, 1.165) is 18.9 Å². The topological polar surface area (TPSA) is 165 Å². The Labute approximate surface area is 269 Å². The highest BCUT2D eigenvalue weighted by Crippen LogP contribution is 2.38. The number of carbonyl (C=O) groups is 2. The summed E-state index contributed by atoms with van der Waals surface area (Å²) >= 11 is 0. The predicted molar refractivity (Wildman–Crippen MR) is 170 cm³/mol. The first-order valence-electron chi connectivity index (χ1n) is 14.4. The number of likely N-dealkylation sites (N-methyl/N-ethyl adjacent to an activating group) is 1. The van der Waals surface area contributed by atoms with Crippen molar-refractivity contribution in [2.45, 2.75) is 25.6 Å². The SMILES string of the molecule is CNC(=O)/C(N)=C(/C=C(\N)NC(=O)C1CC1)Nc1cccc(-c2ccc(C(=C=O)N(C)Cc3ccccc3C(F)(F)F)nc2)c1OC. The lowest BCUT2D eigenvalue weighted by atomic mass is 10.0. The molecule has 2 aromatic carbocycles. The largest absolute Gasteiger partial charge is 0.494 e. The molecule has 1 fully saturated rings. The van der Waals surface area contributed by atoms with Gasteiger partial charge in [-0.3, -0.25) is 14.6 Å². The molecule has 1 aliphatic rings. The van der Waals surface area contributed by atoms with Gasteiger partial charge in [-0.05, 0) is 36.6 Å². The summed E-state index contributed by atoms with van der Waals surface area (Å²) in [5.41, 5.74) is 13.0. The van der Waals surface area contributed by atoms with E-state index < -0.39 is 17.6 Å². The lowest BCUT2D eigenvalue weighted by Gasteiger charge is -2.22. The molecule has 2 amide bonds. The van der Waals surface area contributed by atoms with Gasteiger partial charge in [-0.2, -0.15) is 13.2 Å². The summed E-state index contributed by atoms with van der Waals surface area (Å²) in [4.78, 5) is 42.3. The molecule has 11 nitrogen and oxygen atoms in total. The summed E-state index contributed by atoms with van der Waals surface area (Å²) < 4.78 is 46.2. The summed E-state index contributed by atoms with van der Waals surface area (Å²) in [5, 5.41) is 8.11. The molecule has 0 unspecified atom stereocenters. The maximum absolute atomic E-state index is 13.5. The molecule has 7 N–H and O–H groups in total. The summed E-state index contributed by atoms with van der Waals surface area (Å²) in [5.74, 6) is 1.20. The molecule has 4 rings (SSSR count). The van der Waals surface area contributed by atoms with Crippen LogP contribution in [-0.4, -0.2) is 48.8 Å². The van der Waals surface area contributed by atoms with Gasteiger partial charge in [-0.1, -0.05) is 36.4 Å². The number of nitrogens with zero attached hydrogens (tertiary/aromatic N) is 2. The van der Waals surface area contributed by atoms with Crippen LogP contribution in [0.1, 0.15) is 29.7 Å². The number of carbonyl (C=O) groups excluding carboxylic acids is 3. The highest BCUT2D eigenvalue weighted by molar-refractivity contribution is 5.94. The van der Waals surface area contributed by atoms with Crippen LogP contribution >= 0.6 is 0 Å².